The van der Waals surface area contributed by atoms with E-state index >= 15 is 0 Å². The van der Waals surface area contributed by atoms with E-state index in [2.05, 4.69) is 23.4 Å². The Morgan fingerprint density at radius 1 is 1.60 bits per heavy atom. The highest BCUT2D eigenvalue weighted by Crippen LogP contribution is 2.33. The molecule has 0 saturated carbocycles. The minimum Gasteiger partial charge on any atom is -0.332 e. The van der Waals surface area contributed by atoms with Gasteiger partial charge in [-0.3, -0.25) is 0 Å². The molecule has 0 bridgehead atoms. The normalized spacial score (nSPS) is 20.7. The largest absolute Gasteiger partial charge is 0.332 e. The van der Waals surface area contributed by atoms with E-state index < -0.39 is 0 Å². The first-order valence-corrected chi connectivity index (χ1v) is 5.99. The number of fused-ring (bicyclic) bond motifs is 1. The fourth-order valence-electron chi connectivity index (χ4n) is 2.58. The summed E-state index contributed by atoms with van der Waals surface area (Å²) >= 11 is 0. The van der Waals surface area contributed by atoms with Crippen LogP contribution in [0.1, 0.15) is 56.5 Å². The molecule has 2 rings (SSSR count). The van der Waals surface area contributed by atoms with Crippen molar-refractivity contribution in [1.29, 1.82) is 0 Å². The third kappa shape index (κ3) is 1.93. The van der Waals surface area contributed by atoms with Crippen molar-refractivity contribution in [2.24, 2.45) is 5.73 Å². The molecule has 0 spiro atoms. The van der Waals surface area contributed by atoms with Crippen LogP contribution in [0.5, 0.6) is 0 Å². The summed E-state index contributed by atoms with van der Waals surface area (Å²) in [4.78, 5) is 4.59. The van der Waals surface area contributed by atoms with Crippen molar-refractivity contribution < 1.29 is 0 Å². The second-order valence-electron chi connectivity index (χ2n) is 4.74. The Kier molecular flexibility index (Phi) is 3.10. The number of nitrogens with zero attached hydrogens (tertiary/aromatic N) is 2. The van der Waals surface area contributed by atoms with Crippen LogP contribution >= 0.6 is 0 Å². The van der Waals surface area contributed by atoms with Gasteiger partial charge >= 0.3 is 0 Å². The molecule has 0 aliphatic heterocycles. The van der Waals surface area contributed by atoms with Crippen LogP contribution in [0.4, 0.5) is 0 Å². The highest BCUT2D eigenvalue weighted by molar-refractivity contribution is 5.21. The minimum atomic E-state index is 0.526. The van der Waals surface area contributed by atoms with Crippen molar-refractivity contribution in [3.05, 3.63) is 17.7 Å². The average Bonchev–Trinajstić information content (AvgIpc) is 2.62. The predicted octanol–water partition coefficient (Wildman–Crippen LogP) is 2.23. The van der Waals surface area contributed by atoms with Gasteiger partial charge in [0.05, 0.1) is 12.0 Å². The Morgan fingerprint density at radius 3 is 3.07 bits per heavy atom. The average molecular weight is 207 g/mol. The van der Waals surface area contributed by atoms with Crippen molar-refractivity contribution in [2.75, 3.05) is 6.54 Å². The van der Waals surface area contributed by atoms with E-state index in [0.717, 1.165) is 13.0 Å². The number of imidazole rings is 1. The Balaban J connectivity index is 2.29. The number of hydrogen-bond donors (Lipinski definition) is 1. The van der Waals surface area contributed by atoms with Gasteiger partial charge in [-0.1, -0.05) is 0 Å². The molecule has 1 aliphatic carbocycles. The highest BCUT2D eigenvalue weighted by atomic mass is 15.1. The van der Waals surface area contributed by atoms with E-state index in [9.17, 15) is 0 Å². The number of hydrogen-bond acceptors (Lipinski definition) is 2. The molecule has 84 valence electrons. The monoisotopic (exact) mass is 207 g/mol. The fourth-order valence-corrected chi connectivity index (χ4v) is 2.58. The molecular weight excluding hydrogens is 186 g/mol. The molecule has 15 heavy (non-hydrogen) atoms. The number of nitrogens with two attached hydrogens (primary N) is 1. The lowest BCUT2D eigenvalue weighted by molar-refractivity contribution is 0.488. The van der Waals surface area contributed by atoms with Crippen LogP contribution in [0.15, 0.2) is 6.33 Å². The van der Waals surface area contributed by atoms with Gasteiger partial charge in [0.1, 0.15) is 0 Å². The predicted molar refractivity (Wildman–Crippen MR) is 62.0 cm³/mol. The van der Waals surface area contributed by atoms with Crippen LogP contribution in [0.3, 0.4) is 0 Å². The third-order valence-corrected chi connectivity index (χ3v) is 3.35. The van der Waals surface area contributed by atoms with Gasteiger partial charge < -0.3 is 10.3 Å². The van der Waals surface area contributed by atoms with Crippen LogP contribution < -0.4 is 5.73 Å². The summed E-state index contributed by atoms with van der Waals surface area (Å²) in [6.45, 7) is 5.21. The van der Waals surface area contributed by atoms with Crippen LogP contribution in [-0.2, 0) is 6.42 Å². The van der Waals surface area contributed by atoms with E-state index in [1.165, 1.54) is 30.7 Å². The molecule has 2 N–H and O–H groups in total. The molecule has 0 unspecified atom stereocenters. The van der Waals surface area contributed by atoms with Crippen LogP contribution in [0.2, 0.25) is 0 Å². The summed E-state index contributed by atoms with van der Waals surface area (Å²) < 4.78 is 2.32. The summed E-state index contributed by atoms with van der Waals surface area (Å²) in [7, 11) is 0. The van der Waals surface area contributed by atoms with Gasteiger partial charge in [-0.05, 0) is 46.1 Å². The van der Waals surface area contributed by atoms with Gasteiger partial charge in [-0.2, -0.15) is 0 Å². The SMILES string of the molecule is CC(C)n1cnc2c1CCC[C@@H]2CCN. The summed E-state index contributed by atoms with van der Waals surface area (Å²) in [5.74, 6) is 0.610. The second-order valence-corrected chi connectivity index (χ2v) is 4.74. The molecule has 1 aromatic rings. The molecule has 0 fully saturated rings. The van der Waals surface area contributed by atoms with E-state index in [-0.39, 0.29) is 0 Å². The van der Waals surface area contributed by atoms with Crippen molar-refractivity contribution in [2.45, 2.75) is 51.5 Å². The van der Waals surface area contributed by atoms with E-state index in [1.807, 2.05) is 6.33 Å². The van der Waals surface area contributed by atoms with Crippen molar-refractivity contribution in [3.63, 3.8) is 0 Å². The zero-order valence-corrected chi connectivity index (χ0v) is 9.74. The lowest BCUT2D eigenvalue weighted by Gasteiger charge is -2.23. The summed E-state index contributed by atoms with van der Waals surface area (Å²) in [6, 6.07) is 0.526. The molecule has 0 aromatic carbocycles. The molecule has 3 heteroatoms. The van der Waals surface area contributed by atoms with Gasteiger partial charge in [-0.15, -0.1) is 0 Å². The lowest BCUT2D eigenvalue weighted by atomic mass is 9.87. The Bertz CT molecular complexity index is 328. The minimum absolute atomic E-state index is 0.526. The maximum absolute atomic E-state index is 5.65. The smallest absolute Gasteiger partial charge is 0.0954 e. The van der Waals surface area contributed by atoms with Gasteiger partial charge in [0.15, 0.2) is 0 Å². The quantitative estimate of drug-likeness (QED) is 0.826. The highest BCUT2D eigenvalue weighted by Gasteiger charge is 2.24. The lowest BCUT2D eigenvalue weighted by Crippen LogP contribution is -2.16. The summed E-state index contributed by atoms with van der Waals surface area (Å²) in [6.07, 6.45) is 6.83. The first-order valence-electron chi connectivity index (χ1n) is 5.99. The van der Waals surface area contributed by atoms with E-state index in [1.54, 1.807) is 0 Å². The zero-order chi connectivity index (χ0) is 10.8. The summed E-state index contributed by atoms with van der Waals surface area (Å²) in [5.41, 5.74) is 8.42. The standard InChI is InChI=1S/C12H21N3/c1-9(2)15-8-14-12-10(6-7-13)4-3-5-11(12)15/h8-10H,3-7,13H2,1-2H3/t10-/m1/s1. The van der Waals surface area contributed by atoms with E-state index in [0.29, 0.717) is 12.0 Å². The van der Waals surface area contributed by atoms with Gasteiger partial charge in [0, 0.05) is 17.7 Å². The van der Waals surface area contributed by atoms with Crippen molar-refractivity contribution in [1.82, 2.24) is 9.55 Å². The van der Waals surface area contributed by atoms with Crippen LogP contribution in [0.25, 0.3) is 0 Å². The molecule has 1 heterocycles. The maximum Gasteiger partial charge on any atom is 0.0954 e. The van der Waals surface area contributed by atoms with Crippen LogP contribution in [-0.4, -0.2) is 16.1 Å². The molecule has 1 aromatic heterocycles. The third-order valence-electron chi connectivity index (χ3n) is 3.35. The van der Waals surface area contributed by atoms with Crippen molar-refractivity contribution in [3.8, 4) is 0 Å². The molecule has 1 atom stereocenters. The molecule has 0 amide bonds. The maximum atomic E-state index is 5.65. The first-order chi connectivity index (χ1) is 7.24. The van der Waals surface area contributed by atoms with Crippen LogP contribution in [0, 0.1) is 0 Å². The molecular formula is C12H21N3. The second kappa shape index (κ2) is 4.35. The molecule has 0 saturated heterocycles. The number of rotatable bonds is 3. The first kappa shape index (κ1) is 10.7. The Morgan fingerprint density at radius 2 is 2.40 bits per heavy atom. The van der Waals surface area contributed by atoms with Gasteiger partial charge in [0.2, 0.25) is 0 Å². The molecule has 0 radical (unpaired) electrons. The number of aromatic nitrogens is 2. The summed E-state index contributed by atoms with van der Waals surface area (Å²) in [5, 5.41) is 0. The van der Waals surface area contributed by atoms with Gasteiger partial charge in [-0.25, -0.2) is 4.98 Å². The Hall–Kier alpha value is -0.830. The molecule has 3 nitrogen and oxygen atoms in total. The van der Waals surface area contributed by atoms with E-state index in [4.69, 9.17) is 5.73 Å². The van der Waals surface area contributed by atoms with Gasteiger partial charge in [0.25, 0.3) is 0 Å². The Labute approximate surface area is 91.7 Å². The molecule has 1 aliphatic rings. The zero-order valence-electron chi connectivity index (χ0n) is 9.74. The topological polar surface area (TPSA) is 43.8 Å². The fraction of sp³-hybridized carbons (Fsp3) is 0.750. The van der Waals surface area contributed by atoms with Crippen molar-refractivity contribution >= 4 is 0 Å².